The van der Waals surface area contributed by atoms with E-state index >= 15 is 0 Å². The van der Waals surface area contributed by atoms with Gasteiger partial charge in [0, 0.05) is 16.3 Å². The number of aromatic carboxylic acids is 1. The van der Waals surface area contributed by atoms with Crippen molar-refractivity contribution in [2.75, 3.05) is 5.73 Å². The third-order valence-electron chi connectivity index (χ3n) is 2.91. The average Bonchev–Trinajstić information content (AvgIpc) is 2.35. The van der Waals surface area contributed by atoms with E-state index in [0.29, 0.717) is 16.1 Å². The van der Waals surface area contributed by atoms with E-state index in [0.717, 1.165) is 5.75 Å². The van der Waals surface area contributed by atoms with E-state index in [2.05, 4.69) is 32.0 Å². The van der Waals surface area contributed by atoms with Gasteiger partial charge in [-0.1, -0.05) is 29.3 Å². The minimum Gasteiger partial charge on any atom is -0.478 e. The largest absolute Gasteiger partial charge is 0.478 e. The topological polar surface area (TPSA) is 63.3 Å². The Labute approximate surface area is 122 Å². The molecule has 0 fully saturated rings. The van der Waals surface area contributed by atoms with Crippen molar-refractivity contribution in [3.8, 4) is 0 Å². The van der Waals surface area contributed by atoms with Gasteiger partial charge in [-0.2, -0.15) is 0 Å². The third kappa shape index (κ3) is 3.54. The monoisotopic (exact) mass is 287 g/mol. The zero-order valence-corrected chi connectivity index (χ0v) is 12.3. The van der Waals surface area contributed by atoms with Gasteiger partial charge in [0.2, 0.25) is 0 Å². The summed E-state index contributed by atoms with van der Waals surface area (Å²) in [6.07, 6.45) is 0. The second-order valence-electron chi connectivity index (χ2n) is 4.85. The molecular formula is C16H17NO2S. The predicted molar refractivity (Wildman–Crippen MR) is 83.3 cm³/mol. The number of carbonyl (C=O) groups is 1. The van der Waals surface area contributed by atoms with Crippen LogP contribution in [0.25, 0.3) is 0 Å². The first-order valence-corrected chi connectivity index (χ1v) is 7.27. The van der Waals surface area contributed by atoms with Gasteiger partial charge in [0.1, 0.15) is 0 Å². The van der Waals surface area contributed by atoms with Crippen molar-refractivity contribution in [2.24, 2.45) is 0 Å². The summed E-state index contributed by atoms with van der Waals surface area (Å²) in [6, 6.07) is 11.2. The Hall–Kier alpha value is -1.94. The number of hydrogen-bond acceptors (Lipinski definition) is 3. The zero-order chi connectivity index (χ0) is 14.7. The van der Waals surface area contributed by atoms with Crippen molar-refractivity contribution < 1.29 is 9.90 Å². The molecule has 0 spiro atoms. The van der Waals surface area contributed by atoms with Crippen LogP contribution in [0.2, 0.25) is 0 Å². The molecule has 0 bridgehead atoms. The number of nitrogens with two attached hydrogens (primary N) is 1. The molecule has 0 unspecified atom stereocenters. The highest BCUT2D eigenvalue weighted by atomic mass is 32.2. The van der Waals surface area contributed by atoms with Crippen molar-refractivity contribution in [1.29, 1.82) is 0 Å². The number of thioether (sulfide) groups is 1. The number of carboxylic acid groups (broad SMARTS) is 1. The van der Waals surface area contributed by atoms with Crippen molar-refractivity contribution in [3.05, 3.63) is 58.7 Å². The molecule has 0 aliphatic rings. The van der Waals surface area contributed by atoms with E-state index in [1.165, 1.54) is 28.5 Å². The first-order chi connectivity index (χ1) is 9.45. The third-order valence-corrected chi connectivity index (χ3v) is 4.04. The highest BCUT2D eigenvalue weighted by Gasteiger charge is 2.11. The minimum atomic E-state index is -0.923. The molecule has 20 heavy (non-hydrogen) atoms. The Kier molecular flexibility index (Phi) is 4.35. The maximum Gasteiger partial charge on any atom is 0.336 e. The molecule has 0 aliphatic carbocycles. The van der Waals surface area contributed by atoms with E-state index in [4.69, 9.17) is 5.73 Å². The molecule has 0 saturated heterocycles. The van der Waals surface area contributed by atoms with Crippen LogP contribution in [0.4, 0.5) is 5.69 Å². The smallest absolute Gasteiger partial charge is 0.336 e. The van der Waals surface area contributed by atoms with Crippen molar-refractivity contribution in [3.63, 3.8) is 0 Å². The van der Waals surface area contributed by atoms with E-state index in [9.17, 15) is 9.90 Å². The number of hydrogen-bond donors (Lipinski definition) is 2. The molecule has 104 valence electrons. The summed E-state index contributed by atoms with van der Waals surface area (Å²) in [7, 11) is 0. The van der Waals surface area contributed by atoms with Crippen molar-refractivity contribution in [2.45, 2.75) is 24.5 Å². The molecule has 0 aliphatic heterocycles. The molecule has 2 aromatic rings. The Balaban J connectivity index is 2.22. The fourth-order valence-corrected chi connectivity index (χ4v) is 3.17. The molecule has 2 rings (SSSR count). The Bertz CT molecular complexity index is 633. The normalized spacial score (nSPS) is 10.5. The van der Waals surface area contributed by atoms with E-state index in [1.807, 2.05) is 0 Å². The Morgan fingerprint density at radius 3 is 2.40 bits per heavy atom. The van der Waals surface area contributed by atoms with Crippen LogP contribution in [0.1, 0.15) is 27.0 Å². The van der Waals surface area contributed by atoms with Crippen LogP contribution in [0, 0.1) is 13.8 Å². The van der Waals surface area contributed by atoms with Crippen LogP contribution in [-0.2, 0) is 5.75 Å². The SMILES string of the molecule is Cc1cc(C)cc(CSc2cc(N)ccc2C(=O)O)c1. The van der Waals surface area contributed by atoms with Gasteiger partial charge in [-0.15, -0.1) is 11.8 Å². The highest BCUT2D eigenvalue weighted by Crippen LogP contribution is 2.29. The second kappa shape index (κ2) is 6.01. The lowest BCUT2D eigenvalue weighted by molar-refractivity contribution is 0.0693. The lowest BCUT2D eigenvalue weighted by Crippen LogP contribution is -2.00. The number of aryl methyl sites for hydroxylation is 2. The number of carboxylic acids is 1. The van der Waals surface area contributed by atoms with Crippen LogP contribution in [0.15, 0.2) is 41.3 Å². The van der Waals surface area contributed by atoms with E-state index < -0.39 is 5.97 Å². The minimum absolute atomic E-state index is 0.300. The molecule has 2 aromatic carbocycles. The first-order valence-electron chi connectivity index (χ1n) is 6.28. The average molecular weight is 287 g/mol. The van der Waals surface area contributed by atoms with Gasteiger partial charge < -0.3 is 10.8 Å². The van der Waals surface area contributed by atoms with Gasteiger partial charge in [-0.3, -0.25) is 0 Å². The molecule has 0 saturated carbocycles. The summed E-state index contributed by atoms with van der Waals surface area (Å²) in [5, 5.41) is 9.19. The molecule has 0 aromatic heterocycles. The lowest BCUT2D eigenvalue weighted by Gasteiger charge is -2.08. The first kappa shape index (κ1) is 14.5. The van der Waals surface area contributed by atoms with Crippen LogP contribution < -0.4 is 5.73 Å². The number of rotatable bonds is 4. The molecule has 0 amide bonds. The Morgan fingerprint density at radius 1 is 1.15 bits per heavy atom. The predicted octanol–water partition coefficient (Wildman–Crippen LogP) is 3.88. The van der Waals surface area contributed by atoms with Gasteiger partial charge in [-0.05, 0) is 37.6 Å². The molecule has 0 radical (unpaired) electrons. The molecule has 0 heterocycles. The molecule has 3 N–H and O–H groups in total. The van der Waals surface area contributed by atoms with Crippen LogP contribution in [0.3, 0.4) is 0 Å². The number of anilines is 1. The highest BCUT2D eigenvalue weighted by molar-refractivity contribution is 7.98. The van der Waals surface area contributed by atoms with Gasteiger partial charge in [0.25, 0.3) is 0 Å². The number of nitrogen functional groups attached to an aromatic ring is 1. The van der Waals surface area contributed by atoms with Crippen molar-refractivity contribution in [1.82, 2.24) is 0 Å². The lowest BCUT2D eigenvalue weighted by atomic mass is 10.1. The fourth-order valence-electron chi connectivity index (χ4n) is 2.15. The van der Waals surface area contributed by atoms with Gasteiger partial charge in [-0.25, -0.2) is 4.79 Å². The number of benzene rings is 2. The Morgan fingerprint density at radius 2 is 1.80 bits per heavy atom. The summed E-state index contributed by atoms with van der Waals surface area (Å²) in [4.78, 5) is 11.9. The summed E-state index contributed by atoms with van der Waals surface area (Å²) in [6.45, 7) is 4.12. The second-order valence-corrected chi connectivity index (χ2v) is 5.86. The van der Waals surface area contributed by atoms with Crippen LogP contribution in [-0.4, -0.2) is 11.1 Å². The van der Waals surface area contributed by atoms with Crippen LogP contribution in [0.5, 0.6) is 0 Å². The summed E-state index contributed by atoms with van der Waals surface area (Å²) in [5.41, 5.74) is 10.2. The summed E-state index contributed by atoms with van der Waals surface area (Å²) >= 11 is 1.50. The standard InChI is InChI=1S/C16H17NO2S/c1-10-5-11(2)7-12(6-10)9-20-15-8-13(17)3-4-14(15)16(18)19/h3-8H,9,17H2,1-2H3,(H,18,19). The zero-order valence-electron chi connectivity index (χ0n) is 11.5. The van der Waals surface area contributed by atoms with Gasteiger partial charge in [0.15, 0.2) is 0 Å². The fraction of sp³-hybridized carbons (Fsp3) is 0.188. The van der Waals surface area contributed by atoms with Gasteiger partial charge in [0.05, 0.1) is 5.56 Å². The van der Waals surface area contributed by atoms with Crippen LogP contribution >= 0.6 is 11.8 Å². The maximum atomic E-state index is 11.2. The van der Waals surface area contributed by atoms with Crippen molar-refractivity contribution >= 4 is 23.4 Å². The molecule has 0 atom stereocenters. The maximum absolute atomic E-state index is 11.2. The van der Waals surface area contributed by atoms with Gasteiger partial charge >= 0.3 is 5.97 Å². The molecule has 4 heteroatoms. The molecule has 3 nitrogen and oxygen atoms in total. The summed E-state index contributed by atoms with van der Waals surface area (Å²) in [5.74, 6) is -0.195. The molecular weight excluding hydrogens is 270 g/mol. The van der Waals surface area contributed by atoms with E-state index in [-0.39, 0.29) is 0 Å². The summed E-state index contributed by atoms with van der Waals surface area (Å²) < 4.78 is 0. The van der Waals surface area contributed by atoms with E-state index in [1.54, 1.807) is 18.2 Å². The quantitative estimate of drug-likeness (QED) is 0.661.